The van der Waals surface area contributed by atoms with Crippen LogP contribution in [0.4, 0.5) is 0 Å². The molecule has 1 aromatic carbocycles. The maximum Gasteiger partial charge on any atom is 0.261 e. The van der Waals surface area contributed by atoms with Crippen LogP contribution in [0.15, 0.2) is 34.0 Å². The van der Waals surface area contributed by atoms with E-state index in [1.807, 2.05) is 0 Å². The number of aromatic nitrogens is 2. The van der Waals surface area contributed by atoms with Crippen LogP contribution in [-0.4, -0.2) is 21.4 Å². The summed E-state index contributed by atoms with van der Waals surface area (Å²) in [5, 5.41) is 3.83. The highest BCUT2D eigenvalue weighted by atomic mass is 16.2. The van der Waals surface area contributed by atoms with E-state index in [4.69, 9.17) is 0 Å². The van der Waals surface area contributed by atoms with Crippen molar-refractivity contribution in [2.45, 2.75) is 18.9 Å². The van der Waals surface area contributed by atoms with Gasteiger partial charge in [-0.2, -0.15) is 0 Å². The second kappa shape index (κ2) is 4.27. The standard InChI is InChI=1S/C15H11N3O4/c19-8-5-7-3-4-16-13-12(7)9(6-8)15(22)18(13)10-1-2-11(20)17-14(10)21/h3-6,10,16H,1-2H2,(H,17,20,21). The minimum absolute atomic E-state index is 0.180. The number of H-pyrrole nitrogens is 1. The summed E-state index contributed by atoms with van der Waals surface area (Å²) in [5.41, 5.74) is -0.153. The Kier molecular flexibility index (Phi) is 2.47. The van der Waals surface area contributed by atoms with Crippen LogP contribution in [0.1, 0.15) is 18.9 Å². The van der Waals surface area contributed by atoms with Crippen molar-refractivity contribution in [3.8, 4) is 0 Å². The Morgan fingerprint density at radius 2 is 1.95 bits per heavy atom. The highest BCUT2D eigenvalue weighted by molar-refractivity contribution is 6.09. The largest absolute Gasteiger partial charge is 0.347 e. The van der Waals surface area contributed by atoms with Crippen LogP contribution >= 0.6 is 0 Å². The van der Waals surface area contributed by atoms with E-state index in [1.165, 1.54) is 16.7 Å². The molecular formula is C15H11N3O4. The molecule has 2 amide bonds. The average molecular weight is 297 g/mol. The van der Waals surface area contributed by atoms with Crippen LogP contribution in [-0.2, 0) is 9.59 Å². The number of pyridine rings is 1. The molecule has 3 aromatic rings. The number of hydrogen-bond donors (Lipinski definition) is 2. The Morgan fingerprint density at radius 3 is 2.73 bits per heavy atom. The van der Waals surface area contributed by atoms with Gasteiger partial charge in [0.1, 0.15) is 11.7 Å². The lowest BCUT2D eigenvalue weighted by Crippen LogP contribution is -2.43. The van der Waals surface area contributed by atoms with E-state index in [9.17, 15) is 19.2 Å². The van der Waals surface area contributed by atoms with E-state index in [0.29, 0.717) is 21.8 Å². The van der Waals surface area contributed by atoms with Gasteiger partial charge in [-0.3, -0.25) is 29.1 Å². The molecule has 4 rings (SSSR count). The number of nitrogens with zero attached hydrogens (tertiary/aromatic N) is 1. The predicted molar refractivity (Wildman–Crippen MR) is 78.9 cm³/mol. The van der Waals surface area contributed by atoms with Gasteiger partial charge >= 0.3 is 0 Å². The molecule has 0 spiro atoms. The fraction of sp³-hybridized carbons (Fsp3) is 0.200. The van der Waals surface area contributed by atoms with Crippen LogP contribution < -0.4 is 16.3 Å². The minimum Gasteiger partial charge on any atom is -0.347 e. The number of carbonyl (C=O) groups excluding carboxylic acids is 2. The van der Waals surface area contributed by atoms with Gasteiger partial charge in [0.25, 0.3) is 5.56 Å². The first-order valence-corrected chi connectivity index (χ1v) is 6.89. The number of rotatable bonds is 1. The lowest BCUT2D eigenvalue weighted by molar-refractivity contribution is -0.135. The first kappa shape index (κ1) is 12.8. The molecule has 1 aliphatic rings. The van der Waals surface area contributed by atoms with Crippen LogP contribution in [0, 0.1) is 0 Å². The molecule has 22 heavy (non-hydrogen) atoms. The number of piperidine rings is 1. The summed E-state index contributed by atoms with van der Waals surface area (Å²) in [7, 11) is 0. The molecule has 0 radical (unpaired) electrons. The molecule has 1 aliphatic heterocycles. The van der Waals surface area contributed by atoms with E-state index >= 15 is 0 Å². The fourth-order valence-electron chi connectivity index (χ4n) is 3.13. The summed E-state index contributed by atoms with van der Waals surface area (Å²) in [4.78, 5) is 50.7. The van der Waals surface area contributed by atoms with Crippen LogP contribution in [0.25, 0.3) is 21.8 Å². The number of imide groups is 1. The number of benzene rings is 1. The quantitative estimate of drug-likeness (QED) is 0.629. The minimum atomic E-state index is -0.755. The molecule has 7 heteroatoms. The van der Waals surface area contributed by atoms with Gasteiger partial charge in [0, 0.05) is 18.0 Å². The second-order valence-corrected chi connectivity index (χ2v) is 5.40. The van der Waals surface area contributed by atoms with Crippen LogP contribution in [0.3, 0.4) is 0 Å². The Bertz CT molecular complexity index is 1050. The molecule has 3 heterocycles. The van der Waals surface area contributed by atoms with Gasteiger partial charge in [-0.25, -0.2) is 0 Å². The van der Waals surface area contributed by atoms with E-state index < -0.39 is 17.5 Å². The monoisotopic (exact) mass is 297 g/mol. The number of nitrogens with one attached hydrogen (secondary N) is 2. The van der Waals surface area contributed by atoms with Gasteiger partial charge in [-0.15, -0.1) is 0 Å². The zero-order valence-electron chi connectivity index (χ0n) is 11.4. The van der Waals surface area contributed by atoms with E-state index in [2.05, 4.69) is 10.3 Å². The summed E-state index contributed by atoms with van der Waals surface area (Å²) in [5.74, 6) is -0.834. The summed E-state index contributed by atoms with van der Waals surface area (Å²) in [6, 6.07) is 3.70. The van der Waals surface area contributed by atoms with Crippen molar-refractivity contribution in [3.63, 3.8) is 0 Å². The summed E-state index contributed by atoms with van der Waals surface area (Å²) < 4.78 is 1.35. The SMILES string of the molecule is O=C1CCC(n2c(=O)c3cc(=O)cc4cc[nH]c2c43)C(=O)N1. The highest BCUT2D eigenvalue weighted by Crippen LogP contribution is 2.27. The van der Waals surface area contributed by atoms with Crippen molar-refractivity contribution in [1.82, 2.24) is 14.9 Å². The molecule has 1 unspecified atom stereocenters. The lowest BCUT2D eigenvalue weighted by Gasteiger charge is -2.22. The van der Waals surface area contributed by atoms with Crippen molar-refractivity contribution in [2.75, 3.05) is 0 Å². The number of aromatic amines is 1. The molecule has 0 bridgehead atoms. The van der Waals surface area contributed by atoms with Crippen molar-refractivity contribution in [2.24, 2.45) is 0 Å². The molecule has 1 saturated heterocycles. The molecule has 0 aliphatic carbocycles. The van der Waals surface area contributed by atoms with Gasteiger partial charge in [-0.1, -0.05) is 0 Å². The number of carbonyl (C=O) groups is 2. The van der Waals surface area contributed by atoms with E-state index in [1.54, 1.807) is 12.3 Å². The normalized spacial score (nSPS) is 19.0. The Labute approximate surface area is 122 Å². The Balaban J connectivity index is 2.07. The van der Waals surface area contributed by atoms with Crippen molar-refractivity contribution in [1.29, 1.82) is 0 Å². The first-order valence-electron chi connectivity index (χ1n) is 6.89. The predicted octanol–water partition coefficient (Wildman–Crippen LogP) is 0.258. The lowest BCUT2D eigenvalue weighted by atomic mass is 10.1. The van der Waals surface area contributed by atoms with Gasteiger partial charge < -0.3 is 4.98 Å². The highest BCUT2D eigenvalue weighted by Gasteiger charge is 2.31. The zero-order valence-corrected chi connectivity index (χ0v) is 11.4. The van der Waals surface area contributed by atoms with Crippen molar-refractivity contribution >= 4 is 33.6 Å². The fourth-order valence-corrected chi connectivity index (χ4v) is 3.13. The zero-order chi connectivity index (χ0) is 15.4. The summed E-state index contributed by atoms with van der Waals surface area (Å²) >= 11 is 0. The number of hydrogen-bond acceptors (Lipinski definition) is 4. The van der Waals surface area contributed by atoms with Crippen molar-refractivity contribution < 1.29 is 9.59 Å². The second-order valence-electron chi connectivity index (χ2n) is 5.40. The maximum atomic E-state index is 12.7. The maximum absolute atomic E-state index is 12.7. The number of amides is 2. The van der Waals surface area contributed by atoms with Crippen LogP contribution in [0.2, 0.25) is 0 Å². The Hall–Kier alpha value is -2.96. The third-order valence-electron chi connectivity index (χ3n) is 4.07. The third-order valence-corrected chi connectivity index (χ3v) is 4.07. The molecule has 110 valence electrons. The van der Waals surface area contributed by atoms with Gasteiger partial charge in [-0.05, 0) is 30.0 Å². The molecule has 2 aromatic heterocycles. The van der Waals surface area contributed by atoms with E-state index in [0.717, 1.165) is 0 Å². The van der Waals surface area contributed by atoms with Gasteiger partial charge in [0.2, 0.25) is 11.8 Å². The smallest absolute Gasteiger partial charge is 0.261 e. The molecule has 1 fully saturated rings. The van der Waals surface area contributed by atoms with Gasteiger partial charge in [0.15, 0.2) is 5.43 Å². The Morgan fingerprint density at radius 1 is 1.14 bits per heavy atom. The topological polar surface area (TPSA) is 101 Å². The third kappa shape index (κ3) is 1.62. The molecular weight excluding hydrogens is 286 g/mol. The molecule has 0 saturated carbocycles. The summed E-state index contributed by atoms with van der Waals surface area (Å²) in [6.45, 7) is 0. The average Bonchev–Trinajstić information content (AvgIpc) is 2.74. The molecule has 7 nitrogen and oxygen atoms in total. The van der Waals surface area contributed by atoms with Crippen molar-refractivity contribution in [3.05, 3.63) is 45.0 Å². The molecule has 2 N–H and O–H groups in total. The van der Waals surface area contributed by atoms with Crippen LogP contribution in [0.5, 0.6) is 0 Å². The van der Waals surface area contributed by atoms with E-state index in [-0.39, 0.29) is 24.2 Å². The molecule has 1 atom stereocenters. The first-order chi connectivity index (χ1) is 10.6. The van der Waals surface area contributed by atoms with Gasteiger partial charge in [0.05, 0.1) is 5.39 Å². The summed E-state index contributed by atoms with van der Waals surface area (Å²) in [6.07, 6.45) is 2.07.